The van der Waals surface area contributed by atoms with E-state index in [9.17, 15) is 8.78 Å². The third-order valence-electron chi connectivity index (χ3n) is 5.51. The zero-order valence-corrected chi connectivity index (χ0v) is 18.9. The highest BCUT2D eigenvalue weighted by atomic mass is 19.1. The van der Waals surface area contributed by atoms with Crippen LogP contribution in [0.25, 0.3) is 33.4 Å². The lowest BCUT2D eigenvalue weighted by Crippen LogP contribution is -2.06. The van der Waals surface area contributed by atoms with Gasteiger partial charge < -0.3 is 10.1 Å². The number of halogens is 2. The van der Waals surface area contributed by atoms with E-state index in [4.69, 9.17) is 9.72 Å². The fraction of sp³-hybridized carbons (Fsp3) is 0.154. The van der Waals surface area contributed by atoms with E-state index >= 15 is 0 Å². The molecule has 9 heteroatoms. The summed E-state index contributed by atoms with van der Waals surface area (Å²) in [7, 11) is 1.75. The molecular weight excluding hydrogens is 450 g/mol. The second kappa shape index (κ2) is 9.84. The summed E-state index contributed by atoms with van der Waals surface area (Å²) in [5, 5.41) is 7.96. The molecule has 0 aliphatic carbocycles. The summed E-state index contributed by atoms with van der Waals surface area (Å²) in [5.41, 5.74) is 2.12. The highest BCUT2D eigenvalue weighted by Gasteiger charge is 2.17. The molecule has 0 amide bonds. The summed E-state index contributed by atoms with van der Waals surface area (Å²) >= 11 is 0. The van der Waals surface area contributed by atoms with Crippen molar-refractivity contribution < 1.29 is 13.5 Å². The lowest BCUT2D eigenvalue weighted by atomic mass is 10.0. The molecule has 3 heterocycles. The van der Waals surface area contributed by atoms with Gasteiger partial charge in [0.25, 0.3) is 0 Å². The second-order valence-electron chi connectivity index (χ2n) is 7.85. The van der Waals surface area contributed by atoms with E-state index in [1.165, 1.54) is 12.1 Å². The van der Waals surface area contributed by atoms with Crippen LogP contribution in [0.2, 0.25) is 0 Å². The first-order chi connectivity index (χ1) is 17.1. The van der Waals surface area contributed by atoms with E-state index in [0.29, 0.717) is 53.4 Å². The van der Waals surface area contributed by atoms with Crippen LogP contribution in [-0.2, 0) is 6.54 Å². The molecule has 176 valence electrons. The molecule has 7 nitrogen and oxygen atoms in total. The molecule has 3 aromatic heterocycles. The highest BCUT2D eigenvalue weighted by molar-refractivity contribution is 5.97. The maximum atomic E-state index is 14.7. The van der Waals surface area contributed by atoms with Crippen LogP contribution in [0.4, 0.5) is 14.6 Å². The van der Waals surface area contributed by atoms with Gasteiger partial charge in [-0.1, -0.05) is 0 Å². The third kappa shape index (κ3) is 4.79. The lowest BCUT2D eigenvalue weighted by molar-refractivity contribution is 0.301. The Kier molecular flexibility index (Phi) is 6.30. The maximum absolute atomic E-state index is 14.7. The summed E-state index contributed by atoms with van der Waals surface area (Å²) in [4.78, 5) is 13.6. The lowest BCUT2D eigenvalue weighted by Gasteiger charge is -2.15. The molecule has 0 saturated heterocycles. The van der Waals surface area contributed by atoms with E-state index < -0.39 is 11.6 Å². The summed E-state index contributed by atoms with van der Waals surface area (Å²) in [5.74, 6) is 0.220. The van der Waals surface area contributed by atoms with Crippen LogP contribution in [0.1, 0.15) is 6.42 Å². The molecule has 5 rings (SSSR count). The monoisotopic (exact) mass is 472 g/mol. The average molecular weight is 472 g/mol. The molecule has 0 aliphatic rings. The van der Waals surface area contributed by atoms with Crippen molar-refractivity contribution in [3.05, 3.63) is 85.0 Å². The third-order valence-corrected chi connectivity index (χ3v) is 5.51. The number of rotatable bonds is 8. The highest BCUT2D eigenvalue weighted by Crippen LogP contribution is 2.36. The Hall–Kier alpha value is -4.40. The molecule has 0 atom stereocenters. The van der Waals surface area contributed by atoms with E-state index in [2.05, 4.69) is 20.4 Å². The Labute approximate surface area is 200 Å². The maximum Gasteiger partial charge on any atom is 0.163 e. The van der Waals surface area contributed by atoms with Gasteiger partial charge in [-0.15, -0.1) is 0 Å². The van der Waals surface area contributed by atoms with Crippen LogP contribution in [0.15, 0.2) is 73.3 Å². The fourth-order valence-corrected chi connectivity index (χ4v) is 3.85. The van der Waals surface area contributed by atoms with Gasteiger partial charge in [-0.2, -0.15) is 5.10 Å². The van der Waals surface area contributed by atoms with Gasteiger partial charge in [-0.05, 0) is 48.0 Å². The molecule has 1 N–H and O–H groups in total. The van der Waals surface area contributed by atoms with Crippen LogP contribution in [0.3, 0.4) is 0 Å². The first-order valence-corrected chi connectivity index (χ1v) is 11.1. The molecule has 0 bridgehead atoms. The van der Waals surface area contributed by atoms with Gasteiger partial charge in [0.05, 0.1) is 6.61 Å². The molecule has 2 aromatic carbocycles. The van der Waals surface area contributed by atoms with Crippen molar-refractivity contribution in [3.8, 4) is 28.3 Å². The number of aromatic nitrogens is 5. The number of anilines is 1. The SMILES string of the molecule is CNc1nc(-c2cccnc2)nc2c(OCCCn3cccn3)cc(-c3ccc(F)cc3F)cc12. The topological polar surface area (TPSA) is 77.8 Å². The largest absolute Gasteiger partial charge is 0.491 e. The van der Waals surface area contributed by atoms with Gasteiger partial charge in [0, 0.05) is 67.4 Å². The summed E-state index contributed by atoms with van der Waals surface area (Å²) in [6.45, 7) is 1.08. The first kappa shape index (κ1) is 22.4. The van der Waals surface area contributed by atoms with Crippen molar-refractivity contribution in [2.24, 2.45) is 0 Å². The van der Waals surface area contributed by atoms with Gasteiger partial charge >= 0.3 is 0 Å². The number of ether oxygens (including phenoxy) is 1. The second-order valence-corrected chi connectivity index (χ2v) is 7.85. The number of hydrogen-bond acceptors (Lipinski definition) is 6. The van der Waals surface area contributed by atoms with E-state index in [0.717, 1.165) is 11.6 Å². The molecule has 0 saturated carbocycles. The molecule has 0 radical (unpaired) electrons. The standard InChI is InChI=1S/C26H22F2N6O/c1-29-26-21-13-18(20-7-6-19(27)15-22(20)28)14-23(35-12-4-11-34-10-3-9-31-34)24(21)32-25(33-26)17-5-2-8-30-16-17/h2-3,5-10,13-16H,4,11-12H2,1H3,(H,29,32,33). The Balaban J connectivity index is 1.60. The number of nitrogens with zero attached hydrogens (tertiary/aromatic N) is 5. The van der Waals surface area contributed by atoms with Crippen LogP contribution in [0, 0.1) is 11.6 Å². The Bertz CT molecular complexity index is 1460. The van der Waals surface area contributed by atoms with Gasteiger partial charge in [0.1, 0.15) is 28.7 Å². The van der Waals surface area contributed by atoms with Crippen LogP contribution in [0.5, 0.6) is 5.75 Å². The molecule has 0 spiro atoms. The predicted octanol–water partition coefficient (Wildman–Crippen LogP) is 5.34. The minimum Gasteiger partial charge on any atom is -0.491 e. The fourth-order valence-electron chi connectivity index (χ4n) is 3.85. The summed E-state index contributed by atoms with van der Waals surface area (Å²) in [6.07, 6.45) is 7.69. The molecule has 0 unspecified atom stereocenters. The van der Waals surface area contributed by atoms with Crippen molar-refractivity contribution in [1.29, 1.82) is 0 Å². The van der Waals surface area contributed by atoms with E-state index in [1.54, 1.807) is 37.8 Å². The van der Waals surface area contributed by atoms with Crippen LogP contribution < -0.4 is 10.1 Å². The average Bonchev–Trinajstić information content (AvgIpc) is 3.40. The zero-order chi connectivity index (χ0) is 24.2. The Morgan fingerprint density at radius 3 is 2.66 bits per heavy atom. The molecule has 0 aliphatic heterocycles. The first-order valence-electron chi connectivity index (χ1n) is 11.1. The normalized spacial score (nSPS) is 11.1. The number of hydrogen-bond donors (Lipinski definition) is 1. The van der Waals surface area contributed by atoms with Gasteiger partial charge in [0.15, 0.2) is 5.82 Å². The summed E-state index contributed by atoms with van der Waals surface area (Å²) in [6, 6.07) is 12.6. The Morgan fingerprint density at radius 2 is 1.91 bits per heavy atom. The van der Waals surface area contributed by atoms with Gasteiger partial charge in [0.2, 0.25) is 0 Å². The van der Waals surface area contributed by atoms with Crippen molar-refractivity contribution >= 4 is 16.7 Å². The van der Waals surface area contributed by atoms with Crippen molar-refractivity contribution in [2.45, 2.75) is 13.0 Å². The number of benzene rings is 2. The predicted molar refractivity (Wildman–Crippen MR) is 130 cm³/mol. The van der Waals surface area contributed by atoms with Gasteiger partial charge in [-0.3, -0.25) is 9.67 Å². The van der Waals surface area contributed by atoms with Crippen molar-refractivity contribution in [3.63, 3.8) is 0 Å². The van der Waals surface area contributed by atoms with E-state index in [-0.39, 0.29) is 5.56 Å². The minimum atomic E-state index is -0.659. The quantitative estimate of drug-likeness (QED) is 0.307. The number of nitrogens with one attached hydrogen (secondary N) is 1. The number of fused-ring (bicyclic) bond motifs is 1. The summed E-state index contributed by atoms with van der Waals surface area (Å²) < 4.78 is 36.2. The zero-order valence-electron chi connectivity index (χ0n) is 18.9. The van der Waals surface area contributed by atoms with Crippen LogP contribution >= 0.6 is 0 Å². The molecular formula is C26H22F2N6O. The minimum absolute atomic E-state index is 0.257. The Morgan fingerprint density at radius 1 is 1.00 bits per heavy atom. The van der Waals surface area contributed by atoms with Crippen LogP contribution in [-0.4, -0.2) is 38.4 Å². The number of pyridine rings is 1. The van der Waals surface area contributed by atoms with E-state index in [1.807, 2.05) is 29.1 Å². The van der Waals surface area contributed by atoms with Crippen molar-refractivity contribution in [2.75, 3.05) is 19.0 Å². The number of aryl methyl sites for hydroxylation is 1. The van der Waals surface area contributed by atoms with Gasteiger partial charge in [-0.25, -0.2) is 18.7 Å². The molecule has 5 aromatic rings. The van der Waals surface area contributed by atoms with Crippen molar-refractivity contribution in [1.82, 2.24) is 24.7 Å². The molecule has 35 heavy (non-hydrogen) atoms. The smallest absolute Gasteiger partial charge is 0.163 e. The molecule has 0 fully saturated rings.